The molecule has 0 aromatic heterocycles. The van der Waals surface area contributed by atoms with Gasteiger partial charge in [-0.3, -0.25) is 9.59 Å². The smallest absolute Gasteiger partial charge is 0.251 e. The largest absolute Gasteiger partial charge is 0.487 e. The van der Waals surface area contributed by atoms with Crippen molar-refractivity contribution in [3.8, 4) is 5.75 Å². The van der Waals surface area contributed by atoms with Crippen molar-refractivity contribution in [2.24, 2.45) is 5.73 Å². The highest BCUT2D eigenvalue weighted by molar-refractivity contribution is 6.03. The van der Waals surface area contributed by atoms with Crippen LogP contribution in [-0.2, 0) is 0 Å². The molecule has 1 heterocycles. The van der Waals surface area contributed by atoms with E-state index in [-0.39, 0.29) is 11.7 Å². The molecule has 0 spiro atoms. The van der Waals surface area contributed by atoms with Crippen LogP contribution in [0.25, 0.3) is 0 Å². The number of ether oxygens (including phenoxy) is 1. The van der Waals surface area contributed by atoms with E-state index < -0.39 is 5.60 Å². The van der Waals surface area contributed by atoms with Gasteiger partial charge in [-0.15, -0.1) is 0 Å². The number of nitrogens with one attached hydrogen (secondary N) is 1. The second-order valence-corrected chi connectivity index (χ2v) is 5.57. The first-order valence-electron chi connectivity index (χ1n) is 6.77. The van der Waals surface area contributed by atoms with Gasteiger partial charge < -0.3 is 15.8 Å². The first-order chi connectivity index (χ1) is 9.43. The third-order valence-corrected chi connectivity index (χ3v) is 3.18. The van der Waals surface area contributed by atoms with E-state index in [1.54, 1.807) is 18.2 Å². The molecule has 0 atom stereocenters. The molecule has 2 rings (SSSR count). The summed E-state index contributed by atoms with van der Waals surface area (Å²) in [6.45, 7) is 4.82. The van der Waals surface area contributed by atoms with E-state index in [0.29, 0.717) is 36.4 Å². The summed E-state index contributed by atoms with van der Waals surface area (Å²) >= 11 is 0. The van der Waals surface area contributed by atoms with E-state index in [1.165, 1.54) is 0 Å². The molecule has 0 fully saturated rings. The molecule has 0 bridgehead atoms. The number of amides is 1. The highest BCUT2D eigenvalue weighted by atomic mass is 16.5. The summed E-state index contributed by atoms with van der Waals surface area (Å²) in [5.41, 5.74) is 5.84. The number of Topliss-reactive ketones (excluding diaryl/α,β-unsaturated/α-hetero) is 1. The Labute approximate surface area is 118 Å². The van der Waals surface area contributed by atoms with Gasteiger partial charge in [0.2, 0.25) is 0 Å². The third-order valence-electron chi connectivity index (χ3n) is 3.18. The summed E-state index contributed by atoms with van der Waals surface area (Å²) in [5, 5.41) is 2.77. The van der Waals surface area contributed by atoms with Gasteiger partial charge >= 0.3 is 0 Å². The molecule has 20 heavy (non-hydrogen) atoms. The Hall–Kier alpha value is -1.88. The zero-order chi connectivity index (χ0) is 14.8. The maximum Gasteiger partial charge on any atom is 0.251 e. The molecule has 0 unspecified atom stereocenters. The molecule has 1 aromatic rings. The molecule has 0 saturated carbocycles. The van der Waals surface area contributed by atoms with Gasteiger partial charge in [0, 0.05) is 12.1 Å². The van der Waals surface area contributed by atoms with Crippen molar-refractivity contribution in [1.82, 2.24) is 5.32 Å². The molecule has 0 saturated heterocycles. The van der Waals surface area contributed by atoms with E-state index in [2.05, 4.69) is 5.32 Å². The van der Waals surface area contributed by atoms with Crippen molar-refractivity contribution in [2.75, 3.05) is 13.1 Å². The first-order valence-corrected chi connectivity index (χ1v) is 6.77. The fourth-order valence-electron chi connectivity index (χ4n) is 2.20. The number of rotatable bonds is 4. The van der Waals surface area contributed by atoms with E-state index in [4.69, 9.17) is 10.5 Å². The topological polar surface area (TPSA) is 81.4 Å². The summed E-state index contributed by atoms with van der Waals surface area (Å²) in [7, 11) is 0. The van der Waals surface area contributed by atoms with E-state index in [0.717, 1.165) is 6.42 Å². The Morgan fingerprint density at radius 3 is 2.90 bits per heavy atom. The molecular formula is C15H20N2O3. The minimum atomic E-state index is -0.491. The first kappa shape index (κ1) is 14.5. The van der Waals surface area contributed by atoms with Crippen molar-refractivity contribution in [3.05, 3.63) is 29.3 Å². The van der Waals surface area contributed by atoms with Crippen LogP contribution in [0.15, 0.2) is 18.2 Å². The average molecular weight is 276 g/mol. The number of benzene rings is 1. The zero-order valence-electron chi connectivity index (χ0n) is 11.9. The molecule has 1 aliphatic heterocycles. The van der Waals surface area contributed by atoms with E-state index in [1.807, 2.05) is 13.8 Å². The zero-order valence-corrected chi connectivity index (χ0v) is 11.9. The quantitative estimate of drug-likeness (QED) is 0.817. The van der Waals surface area contributed by atoms with Crippen LogP contribution >= 0.6 is 0 Å². The van der Waals surface area contributed by atoms with Crippen LogP contribution in [-0.4, -0.2) is 30.4 Å². The normalized spacial score (nSPS) is 16.2. The Morgan fingerprint density at radius 1 is 1.45 bits per heavy atom. The van der Waals surface area contributed by atoms with Crippen molar-refractivity contribution in [2.45, 2.75) is 32.3 Å². The maximum absolute atomic E-state index is 12.1. The highest BCUT2D eigenvalue weighted by Crippen LogP contribution is 2.33. The van der Waals surface area contributed by atoms with Crippen LogP contribution in [0.5, 0.6) is 5.75 Å². The lowest BCUT2D eigenvalue weighted by Crippen LogP contribution is -2.36. The maximum atomic E-state index is 12.1. The SMILES string of the molecule is CC1(C)CC(=O)c2cc(C(=O)NCCCN)ccc2O1. The number of nitrogens with two attached hydrogens (primary N) is 1. The number of fused-ring (bicyclic) bond motifs is 1. The average Bonchev–Trinajstić information content (AvgIpc) is 2.37. The third kappa shape index (κ3) is 3.17. The molecule has 0 aliphatic carbocycles. The lowest BCUT2D eigenvalue weighted by molar-refractivity contribution is 0.0620. The van der Waals surface area contributed by atoms with Crippen LogP contribution < -0.4 is 15.8 Å². The van der Waals surface area contributed by atoms with Gasteiger partial charge in [-0.25, -0.2) is 0 Å². The summed E-state index contributed by atoms with van der Waals surface area (Å²) in [5.74, 6) is 0.358. The van der Waals surface area contributed by atoms with Gasteiger partial charge in [-0.2, -0.15) is 0 Å². The number of hydrogen-bond acceptors (Lipinski definition) is 4. The Kier molecular flexibility index (Phi) is 4.09. The van der Waals surface area contributed by atoms with E-state index >= 15 is 0 Å². The van der Waals surface area contributed by atoms with Gasteiger partial charge in [0.05, 0.1) is 12.0 Å². The van der Waals surface area contributed by atoms with Crippen molar-refractivity contribution in [1.29, 1.82) is 0 Å². The van der Waals surface area contributed by atoms with Gasteiger partial charge in [0.15, 0.2) is 5.78 Å². The van der Waals surface area contributed by atoms with Crippen LogP contribution in [0, 0.1) is 0 Å². The second-order valence-electron chi connectivity index (χ2n) is 5.57. The Morgan fingerprint density at radius 2 is 2.20 bits per heavy atom. The molecule has 0 radical (unpaired) electrons. The molecule has 5 heteroatoms. The predicted octanol–water partition coefficient (Wildman–Crippen LogP) is 1.51. The molecule has 5 nitrogen and oxygen atoms in total. The molecule has 3 N–H and O–H groups in total. The number of carbonyl (C=O) groups excluding carboxylic acids is 2. The summed E-state index contributed by atoms with van der Waals surface area (Å²) in [6.07, 6.45) is 1.05. The van der Waals surface area contributed by atoms with Crippen LogP contribution in [0.1, 0.15) is 47.4 Å². The lowest BCUT2D eigenvalue weighted by Gasteiger charge is -2.31. The molecule has 1 aromatic carbocycles. The predicted molar refractivity (Wildman–Crippen MR) is 76.1 cm³/mol. The fourth-order valence-corrected chi connectivity index (χ4v) is 2.20. The van der Waals surface area contributed by atoms with Crippen molar-refractivity contribution < 1.29 is 14.3 Å². The Balaban J connectivity index is 2.18. The standard InChI is InChI=1S/C15H20N2O3/c1-15(2)9-12(18)11-8-10(4-5-13(11)20-15)14(19)17-7-3-6-16/h4-5,8H,3,6-7,9,16H2,1-2H3,(H,17,19). The number of carbonyl (C=O) groups is 2. The summed E-state index contributed by atoms with van der Waals surface area (Å²) in [6, 6.07) is 4.96. The van der Waals surface area contributed by atoms with Crippen LogP contribution in [0.4, 0.5) is 0 Å². The van der Waals surface area contributed by atoms with Gasteiger partial charge in [0.1, 0.15) is 11.4 Å². The second kappa shape index (κ2) is 5.63. The van der Waals surface area contributed by atoms with Crippen LogP contribution in [0.2, 0.25) is 0 Å². The van der Waals surface area contributed by atoms with Gasteiger partial charge in [-0.05, 0) is 45.0 Å². The fraction of sp³-hybridized carbons (Fsp3) is 0.467. The van der Waals surface area contributed by atoms with Crippen molar-refractivity contribution >= 4 is 11.7 Å². The van der Waals surface area contributed by atoms with Crippen molar-refractivity contribution in [3.63, 3.8) is 0 Å². The molecular weight excluding hydrogens is 256 g/mol. The molecule has 1 aliphatic rings. The van der Waals surface area contributed by atoms with E-state index in [9.17, 15) is 9.59 Å². The molecule has 108 valence electrons. The summed E-state index contributed by atoms with van der Waals surface area (Å²) in [4.78, 5) is 24.0. The number of hydrogen-bond donors (Lipinski definition) is 2. The van der Waals surface area contributed by atoms with Gasteiger partial charge in [0.25, 0.3) is 5.91 Å². The summed E-state index contributed by atoms with van der Waals surface area (Å²) < 4.78 is 5.75. The van der Waals surface area contributed by atoms with Crippen LogP contribution in [0.3, 0.4) is 0 Å². The van der Waals surface area contributed by atoms with Gasteiger partial charge in [-0.1, -0.05) is 0 Å². The number of ketones is 1. The molecule has 1 amide bonds. The lowest BCUT2D eigenvalue weighted by atomic mass is 9.92. The monoisotopic (exact) mass is 276 g/mol. The Bertz CT molecular complexity index is 538. The highest BCUT2D eigenvalue weighted by Gasteiger charge is 2.32. The minimum absolute atomic E-state index is 0.00728. The minimum Gasteiger partial charge on any atom is -0.487 e.